The zero-order valence-corrected chi connectivity index (χ0v) is 16.5. The lowest BCUT2D eigenvalue weighted by atomic mass is 9.94. The van der Waals surface area contributed by atoms with E-state index in [2.05, 4.69) is 33.5 Å². The summed E-state index contributed by atoms with van der Waals surface area (Å²) in [6, 6.07) is 9.88. The van der Waals surface area contributed by atoms with Gasteiger partial charge < -0.3 is 30.8 Å². The molecule has 1 aliphatic carbocycles. The smallest absolute Gasteiger partial charge is 0.231 e. The molecule has 1 aromatic heterocycles. The summed E-state index contributed by atoms with van der Waals surface area (Å²) >= 11 is 0. The Labute approximate surface area is 169 Å². The van der Waals surface area contributed by atoms with E-state index in [9.17, 15) is 5.11 Å². The van der Waals surface area contributed by atoms with E-state index in [1.807, 2.05) is 49.7 Å². The molecule has 0 amide bonds. The standard InChI is InChI=1S/C22H27N5O2/c1-24-10-11-29-20-5-3-2-4-18(20)19-12-16-14-27(22(28)26-21(16)25-19)17-8-6-15(13-23)7-9-17/h2-9,12,14,18,20,22,24,28H,10-11,13,23H2,1H3,(H,25,26). The van der Waals surface area contributed by atoms with Crippen LogP contribution in [0.5, 0.6) is 0 Å². The minimum absolute atomic E-state index is 0.0433. The molecule has 2 aromatic rings. The molecule has 0 bridgehead atoms. The SMILES string of the molecule is CNCCOC1C=CC=CC1c1cc2c([nH]1)=NC(O)N(c1ccc(CN)cc1)C=2. The number of ether oxygens (including phenoxy) is 1. The lowest BCUT2D eigenvalue weighted by molar-refractivity contribution is 0.0772. The van der Waals surface area contributed by atoms with Crippen molar-refractivity contribution in [3.8, 4) is 0 Å². The fraction of sp³-hybridized carbons (Fsp3) is 0.318. The second-order valence-electron chi connectivity index (χ2n) is 7.15. The van der Waals surface area contributed by atoms with Gasteiger partial charge in [-0.25, -0.2) is 4.99 Å². The van der Waals surface area contributed by atoms with E-state index in [1.165, 1.54) is 0 Å². The number of aromatic nitrogens is 1. The number of nitrogens with two attached hydrogens (primary N) is 1. The van der Waals surface area contributed by atoms with Crippen molar-refractivity contribution in [3.05, 3.63) is 76.6 Å². The van der Waals surface area contributed by atoms with Gasteiger partial charge in [-0.05, 0) is 30.8 Å². The summed E-state index contributed by atoms with van der Waals surface area (Å²) in [6.07, 6.45) is 9.13. The van der Waals surface area contributed by atoms with Gasteiger partial charge >= 0.3 is 0 Å². The highest BCUT2D eigenvalue weighted by Crippen LogP contribution is 2.25. The zero-order chi connectivity index (χ0) is 20.2. The molecule has 7 nitrogen and oxygen atoms in total. The molecule has 2 aliphatic rings. The molecule has 7 heteroatoms. The van der Waals surface area contributed by atoms with Crippen molar-refractivity contribution in [2.45, 2.75) is 24.9 Å². The van der Waals surface area contributed by atoms with Gasteiger partial charge in [0.05, 0.1) is 12.7 Å². The normalized spacial score (nSPS) is 22.9. The van der Waals surface area contributed by atoms with Crippen LogP contribution in [-0.2, 0) is 11.3 Å². The first kappa shape index (κ1) is 19.6. The summed E-state index contributed by atoms with van der Waals surface area (Å²) in [6.45, 7) is 1.93. The first-order valence-electron chi connectivity index (χ1n) is 9.85. The first-order valence-corrected chi connectivity index (χ1v) is 9.85. The molecule has 4 rings (SSSR count). The number of benzene rings is 1. The maximum absolute atomic E-state index is 10.5. The number of aliphatic hydroxyl groups is 1. The number of fused-ring (bicyclic) bond motifs is 1. The number of anilines is 1. The number of hydrogen-bond donors (Lipinski definition) is 4. The first-order chi connectivity index (χ1) is 14.2. The molecule has 0 radical (unpaired) electrons. The van der Waals surface area contributed by atoms with Crippen LogP contribution < -0.4 is 26.7 Å². The van der Waals surface area contributed by atoms with Gasteiger partial charge in [-0.2, -0.15) is 0 Å². The van der Waals surface area contributed by atoms with Gasteiger partial charge in [-0.3, -0.25) is 0 Å². The van der Waals surface area contributed by atoms with Crippen LogP contribution in [0, 0.1) is 0 Å². The Kier molecular flexibility index (Phi) is 5.92. The number of aliphatic hydroxyl groups excluding tert-OH is 1. The van der Waals surface area contributed by atoms with Crippen molar-refractivity contribution < 1.29 is 9.84 Å². The fourth-order valence-electron chi connectivity index (χ4n) is 3.60. The van der Waals surface area contributed by atoms with Gasteiger partial charge in [0.15, 0.2) is 0 Å². The molecule has 1 aromatic carbocycles. The summed E-state index contributed by atoms with van der Waals surface area (Å²) in [5, 5.41) is 14.6. The van der Waals surface area contributed by atoms with E-state index in [4.69, 9.17) is 10.5 Å². The highest BCUT2D eigenvalue weighted by molar-refractivity contribution is 5.60. The minimum atomic E-state index is -0.984. The minimum Gasteiger partial charge on any atom is -0.372 e. The van der Waals surface area contributed by atoms with Crippen molar-refractivity contribution in [1.29, 1.82) is 0 Å². The van der Waals surface area contributed by atoms with E-state index >= 15 is 0 Å². The van der Waals surface area contributed by atoms with Crippen molar-refractivity contribution in [2.75, 3.05) is 25.1 Å². The largest absolute Gasteiger partial charge is 0.372 e. The quantitative estimate of drug-likeness (QED) is 0.512. The van der Waals surface area contributed by atoms with Crippen LogP contribution in [0.4, 0.5) is 5.69 Å². The number of aromatic amines is 1. The Morgan fingerprint density at radius 1 is 1.24 bits per heavy atom. The number of H-pyrrole nitrogens is 1. The predicted molar refractivity (Wildman–Crippen MR) is 114 cm³/mol. The van der Waals surface area contributed by atoms with E-state index in [0.717, 1.165) is 28.7 Å². The molecule has 0 saturated heterocycles. The highest BCUT2D eigenvalue weighted by Gasteiger charge is 2.24. The number of allylic oxidation sites excluding steroid dienone is 2. The van der Waals surface area contributed by atoms with Crippen LogP contribution in [-0.4, -0.2) is 42.7 Å². The highest BCUT2D eigenvalue weighted by atomic mass is 16.5. The van der Waals surface area contributed by atoms with Gasteiger partial charge in [-0.1, -0.05) is 36.4 Å². The van der Waals surface area contributed by atoms with E-state index in [1.54, 1.807) is 4.90 Å². The van der Waals surface area contributed by atoms with Crippen molar-refractivity contribution in [3.63, 3.8) is 0 Å². The molecule has 29 heavy (non-hydrogen) atoms. The topological polar surface area (TPSA) is 98.9 Å². The van der Waals surface area contributed by atoms with Crippen LogP contribution in [0.1, 0.15) is 17.2 Å². The average molecular weight is 393 g/mol. The molecule has 3 atom stereocenters. The lowest BCUT2D eigenvalue weighted by Crippen LogP contribution is -2.41. The number of rotatable bonds is 7. The maximum Gasteiger partial charge on any atom is 0.231 e. The molecule has 2 heterocycles. The second-order valence-corrected chi connectivity index (χ2v) is 7.15. The lowest BCUT2D eigenvalue weighted by Gasteiger charge is -2.25. The fourth-order valence-corrected chi connectivity index (χ4v) is 3.60. The summed E-state index contributed by atoms with van der Waals surface area (Å²) in [7, 11) is 1.91. The molecule has 152 valence electrons. The van der Waals surface area contributed by atoms with Crippen LogP contribution >= 0.6 is 0 Å². The molecular weight excluding hydrogens is 366 g/mol. The monoisotopic (exact) mass is 393 g/mol. The Morgan fingerprint density at radius 3 is 2.79 bits per heavy atom. The Hall–Kier alpha value is -2.71. The van der Waals surface area contributed by atoms with E-state index in [-0.39, 0.29) is 12.0 Å². The predicted octanol–water partition coefficient (Wildman–Crippen LogP) is 0.441. The van der Waals surface area contributed by atoms with Gasteiger partial charge in [-0.15, -0.1) is 0 Å². The summed E-state index contributed by atoms with van der Waals surface area (Å²) in [5.41, 5.74) is 9.27. The molecule has 5 N–H and O–H groups in total. The van der Waals surface area contributed by atoms with Gasteiger partial charge in [0.2, 0.25) is 6.35 Å². The number of hydrogen-bond acceptors (Lipinski definition) is 6. The maximum atomic E-state index is 10.5. The molecular formula is C22H27N5O2. The zero-order valence-electron chi connectivity index (χ0n) is 16.5. The van der Waals surface area contributed by atoms with Gasteiger partial charge in [0, 0.05) is 41.8 Å². The van der Waals surface area contributed by atoms with Crippen LogP contribution in [0.2, 0.25) is 0 Å². The number of likely N-dealkylation sites (N-methyl/N-ethyl adjacent to an activating group) is 1. The van der Waals surface area contributed by atoms with Gasteiger partial charge in [0.25, 0.3) is 0 Å². The Balaban J connectivity index is 1.61. The number of nitrogens with one attached hydrogen (secondary N) is 2. The third kappa shape index (κ3) is 4.18. The van der Waals surface area contributed by atoms with Crippen molar-refractivity contribution >= 4 is 11.9 Å². The molecule has 1 aliphatic heterocycles. The van der Waals surface area contributed by atoms with Crippen molar-refractivity contribution in [1.82, 2.24) is 10.3 Å². The van der Waals surface area contributed by atoms with Crippen molar-refractivity contribution in [2.24, 2.45) is 10.7 Å². The summed E-state index contributed by atoms with van der Waals surface area (Å²) < 4.78 is 6.02. The van der Waals surface area contributed by atoms with Crippen LogP contribution in [0.3, 0.4) is 0 Å². The number of nitrogens with zero attached hydrogens (tertiary/aromatic N) is 2. The van der Waals surface area contributed by atoms with Crippen LogP contribution in [0.15, 0.2) is 59.6 Å². The second kappa shape index (κ2) is 8.75. The van der Waals surface area contributed by atoms with Crippen LogP contribution in [0.25, 0.3) is 6.20 Å². The Bertz CT molecular complexity index is 1010. The van der Waals surface area contributed by atoms with Gasteiger partial charge in [0.1, 0.15) is 5.49 Å². The molecule has 0 fully saturated rings. The third-order valence-electron chi connectivity index (χ3n) is 5.19. The van der Waals surface area contributed by atoms with E-state index in [0.29, 0.717) is 18.6 Å². The average Bonchev–Trinajstić information content (AvgIpc) is 3.16. The summed E-state index contributed by atoms with van der Waals surface area (Å²) in [5.74, 6) is 0.0699. The third-order valence-corrected chi connectivity index (χ3v) is 5.19. The Morgan fingerprint density at radius 2 is 2.03 bits per heavy atom. The van der Waals surface area contributed by atoms with E-state index < -0.39 is 6.35 Å². The molecule has 3 unspecified atom stereocenters. The summed E-state index contributed by atoms with van der Waals surface area (Å²) in [4.78, 5) is 9.55. The molecule has 0 saturated carbocycles. The molecule has 0 spiro atoms.